The Morgan fingerprint density at radius 1 is 1.14 bits per heavy atom. The summed E-state index contributed by atoms with van der Waals surface area (Å²) in [5, 5.41) is 2.61. The topological polar surface area (TPSA) is 77.4 Å². The zero-order valence-electron chi connectivity index (χ0n) is 11.6. The highest BCUT2D eigenvalue weighted by Crippen LogP contribution is 2.16. The summed E-state index contributed by atoms with van der Waals surface area (Å²) in [4.78, 5) is 34.3. The van der Waals surface area contributed by atoms with E-state index in [0.29, 0.717) is 11.4 Å². The minimum Gasteiger partial charge on any atom is -0.423 e. The van der Waals surface area contributed by atoms with Crippen LogP contribution in [0.5, 0.6) is 5.75 Å². The molecule has 6 heteroatoms. The third-order valence-corrected chi connectivity index (χ3v) is 2.73. The van der Waals surface area contributed by atoms with Gasteiger partial charge in [-0.25, -0.2) is 4.79 Å². The van der Waals surface area contributed by atoms with Gasteiger partial charge in [0.2, 0.25) is 5.91 Å². The van der Waals surface area contributed by atoms with Crippen molar-refractivity contribution in [3.05, 3.63) is 58.5 Å². The summed E-state index contributed by atoms with van der Waals surface area (Å²) in [5.74, 6) is -0.463. The normalized spacial score (nSPS) is 10.0. The number of aryl methyl sites for hydroxylation is 1. The van der Waals surface area contributed by atoms with Crippen LogP contribution in [0.4, 0.5) is 5.69 Å². The van der Waals surface area contributed by atoms with E-state index in [1.165, 1.54) is 29.8 Å². The van der Waals surface area contributed by atoms with E-state index in [1.807, 2.05) is 0 Å². The van der Waals surface area contributed by atoms with Crippen molar-refractivity contribution in [2.75, 3.05) is 5.32 Å². The average Bonchev–Trinajstić information content (AvgIpc) is 2.43. The van der Waals surface area contributed by atoms with Crippen molar-refractivity contribution in [1.82, 2.24) is 4.57 Å². The summed E-state index contributed by atoms with van der Waals surface area (Å²) in [6.07, 6.45) is 1.50. The van der Waals surface area contributed by atoms with Crippen LogP contribution in [0.1, 0.15) is 17.3 Å². The number of ether oxygens (including phenoxy) is 1. The summed E-state index contributed by atoms with van der Waals surface area (Å²) in [7, 11) is 1.60. The van der Waals surface area contributed by atoms with Crippen molar-refractivity contribution in [2.24, 2.45) is 7.05 Å². The van der Waals surface area contributed by atoms with Crippen LogP contribution in [0.2, 0.25) is 0 Å². The van der Waals surface area contributed by atoms with Crippen LogP contribution < -0.4 is 15.6 Å². The molecule has 108 valence electrons. The number of nitrogens with one attached hydrogen (secondary N) is 1. The smallest absolute Gasteiger partial charge is 0.343 e. The van der Waals surface area contributed by atoms with Gasteiger partial charge in [-0.05, 0) is 30.3 Å². The molecule has 2 aromatic rings. The van der Waals surface area contributed by atoms with E-state index >= 15 is 0 Å². The number of carbonyl (C=O) groups is 2. The lowest BCUT2D eigenvalue weighted by molar-refractivity contribution is -0.114. The number of esters is 1. The number of anilines is 1. The fourth-order valence-corrected chi connectivity index (χ4v) is 1.65. The summed E-state index contributed by atoms with van der Waals surface area (Å²) in [6.45, 7) is 1.41. The van der Waals surface area contributed by atoms with Gasteiger partial charge < -0.3 is 14.6 Å². The fraction of sp³-hybridized carbons (Fsp3) is 0.133. The molecule has 0 saturated carbocycles. The first kappa shape index (κ1) is 14.5. The Balaban J connectivity index is 2.10. The van der Waals surface area contributed by atoms with Crippen LogP contribution in [0.3, 0.4) is 0 Å². The number of hydrogen-bond donors (Lipinski definition) is 1. The molecule has 2 rings (SSSR count). The first-order valence-corrected chi connectivity index (χ1v) is 6.22. The van der Waals surface area contributed by atoms with Crippen molar-refractivity contribution in [3.8, 4) is 5.75 Å². The number of pyridine rings is 1. The van der Waals surface area contributed by atoms with Gasteiger partial charge in [0.05, 0.1) is 5.56 Å². The monoisotopic (exact) mass is 286 g/mol. The van der Waals surface area contributed by atoms with E-state index < -0.39 is 5.97 Å². The zero-order chi connectivity index (χ0) is 15.4. The molecule has 0 aliphatic carbocycles. The van der Waals surface area contributed by atoms with Crippen LogP contribution in [-0.4, -0.2) is 16.4 Å². The maximum Gasteiger partial charge on any atom is 0.343 e. The highest BCUT2D eigenvalue weighted by Gasteiger charge is 2.09. The number of amides is 1. The van der Waals surface area contributed by atoms with E-state index in [0.717, 1.165) is 0 Å². The molecule has 1 N–H and O–H groups in total. The van der Waals surface area contributed by atoms with Crippen molar-refractivity contribution in [3.63, 3.8) is 0 Å². The largest absolute Gasteiger partial charge is 0.423 e. The Morgan fingerprint density at radius 3 is 2.38 bits per heavy atom. The quantitative estimate of drug-likeness (QED) is 0.686. The number of aromatic nitrogens is 1. The van der Waals surface area contributed by atoms with E-state index in [9.17, 15) is 14.4 Å². The second kappa shape index (κ2) is 6.04. The SMILES string of the molecule is CC(=O)Nc1ccc(OC(=O)c2ccn(C)c(=O)c2)cc1. The van der Waals surface area contributed by atoms with Gasteiger partial charge in [0.15, 0.2) is 0 Å². The van der Waals surface area contributed by atoms with Gasteiger partial charge in [-0.1, -0.05) is 0 Å². The van der Waals surface area contributed by atoms with Gasteiger partial charge in [0.1, 0.15) is 5.75 Å². The molecule has 1 amide bonds. The molecule has 0 spiro atoms. The van der Waals surface area contributed by atoms with Crippen molar-refractivity contribution >= 4 is 17.6 Å². The van der Waals surface area contributed by atoms with Gasteiger partial charge in [-0.3, -0.25) is 9.59 Å². The minimum atomic E-state index is -0.611. The lowest BCUT2D eigenvalue weighted by Gasteiger charge is -2.06. The van der Waals surface area contributed by atoms with Crippen molar-refractivity contribution < 1.29 is 14.3 Å². The molecule has 0 radical (unpaired) electrons. The summed E-state index contributed by atoms with van der Waals surface area (Å²) < 4.78 is 6.52. The molecule has 0 aliphatic heterocycles. The molecule has 1 aromatic carbocycles. The van der Waals surface area contributed by atoms with Crippen molar-refractivity contribution in [1.29, 1.82) is 0 Å². The molecule has 0 aliphatic rings. The lowest BCUT2D eigenvalue weighted by Crippen LogP contribution is -2.18. The Kier molecular flexibility index (Phi) is 4.18. The van der Waals surface area contributed by atoms with Crippen LogP contribution in [-0.2, 0) is 11.8 Å². The third kappa shape index (κ3) is 3.79. The van der Waals surface area contributed by atoms with Crippen LogP contribution in [0.25, 0.3) is 0 Å². The lowest BCUT2D eigenvalue weighted by atomic mass is 10.2. The first-order chi connectivity index (χ1) is 9.95. The van der Waals surface area contributed by atoms with Crippen LogP contribution >= 0.6 is 0 Å². The third-order valence-electron chi connectivity index (χ3n) is 2.73. The average molecular weight is 286 g/mol. The predicted octanol–water partition coefficient (Wildman–Crippen LogP) is 1.56. The van der Waals surface area contributed by atoms with Gasteiger partial charge in [-0.15, -0.1) is 0 Å². The Hall–Kier alpha value is -2.89. The van der Waals surface area contributed by atoms with Crippen molar-refractivity contribution in [2.45, 2.75) is 6.92 Å². The molecule has 21 heavy (non-hydrogen) atoms. The molecule has 0 unspecified atom stereocenters. The number of benzene rings is 1. The summed E-state index contributed by atoms with van der Waals surface area (Å²) in [5.41, 5.74) is 0.505. The Labute approximate surface area is 121 Å². The predicted molar refractivity (Wildman–Crippen MR) is 77.4 cm³/mol. The summed E-state index contributed by atoms with van der Waals surface area (Å²) >= 11 is 0. The molecular weight excluding hydrogens is 272 g/mol. The van der Waals surface area contributed by atoms with Crippen LogP contribution in [0.15, 0.2) is 47.4 Å². The van der Waals surface area contributed by atoms with Gasteiger partial charge >= 0.3 is 5.97 Å². The molecule has 0 atom stereocenters. The molecule has 6 nitrogen and oxygen atoms in total. The maximum absolute atomic E-state index is 11.9. The summed E-state index contributed by atoms with van der Waals surface area (Å²) in [6, 6.07) is 9.08. The molecule has 1 heterocycles. The Morgan fingerprint density at radius 2 is 1.81 bits per heavy atom. The zero-order valence-corrected chi connectivity index (χ0v) is 11.6. The van der Waals surface area contributed by atoms with E-state index in [1.54, 1.807) is 31.3 Å². The minimum absolute atomic E-state index is 0.181. The van der Waals surface area contributed by atoms with E-state index in [-0.39, 0.29) is 17.0 Å². The Bertz CT molecular complexity index is 732. The standard InChI is InChI=1S/C15H14N2O4/c1-10(18)16-12-3-5-13(6-4-12)21-15(20)11-7-8-17(2)14(19)9-11/h3-9H,1-2H3,(H,16,18). The molecule has 0 bridgehead atoms. The molecular formula is C15H14N2O4. The molecule has 1 aromatic heterocycles. The van der Waals surface area contributed by atoms with E-state index in [4.69, 9.17) is 4.74 Å². The van der Waals surface area contributed by atoms with Gasteiger partial charge in [-0.2, -0.15) is 0 Å². The second-order valence-electron chi connectivity index (χ2n) is 4.46. The number of hydrogen-bond acceptors (Lipinski definition) is 4. The maximum atomic E-state index is 11.9. The number of carbonyl (C=O) groups excluding carboxylic acids is 2. The fourth-order valence-electron chi connectivity index (χ4n) is 1.65. The van der Waals surface area contributed by atoms with Crippen LogP contribution in [0, 0.1) is 0 Å². The number of nitrogens with zero attached hydrogens (tertiary/aromatic N) is 1. The molecule has 0 saturated heterocycles. The highest BCUT2D eigenvalue weighted by atomic mass is 16.5. The highest BCUT2D eigenvalue weighted by molar-refractivity contribution is 5.91. The van der Waals surface area contributed by atoms with Gasteiger partial charge in [0.25, 0.3) is 5.56 Å². The van der Waals surface area contributed by atoms with Gasteiger partial charge in [0, 0.05) is 31.9 Å². The number of rotatable bonds is 3. The second-order valence-corrected chi connectivity index (χ2v) is 4.46. The first-order valence-electron chi connectivity index (χ1n) is 6.22. The molecule has 0 fully saturated rings. The van der Waals surface area contributed by atoms with E-state index in [2.05, 4.69) is 5.32 Å².